The molecule has 0 aliphatic heterocycles. The van der Waals surface area contributed by atoms with Crippen LogP contribution in [0.15, 0.2) is 23.1 Å². The molecule has 0 bridgehead atoms. The van der Waals surface area contributed by atoms with E-state index in [9.17, 15) is 4.79 Å². The van der Waals surface area contributed by atoms with E-state index in [0.29, 0.717) is 10.7 Å². The summed E-state index contributed by atoms with van der Waals surface area (Å²) in [6, 6.07) is 5.44. The van der Waals surface area contributed by atoms with Gasteiger partial charge in [0.25, 0.3) is 0 Å². The molecule has 0 radical (unpaired) electrons. The predicted molar refractivity (Wildman–Crippen MR) is 83.7 cm³/mol. The lowest BCUT2D eigenvalue weighted by molar-refractivity contribution is -0.120. The maximum Gasteiger partial charge on any atom is 0.233 e. The number of hydrogen-bond acceptors (Lipinski definition) is 3. The molecule has 106 valence electrons. The lowest BCUT2D eigenvalue weighted by Gasteiger charge is -2.12. The largest absolute Gasteiger partial charge is 0.398 e. The predicted octanol–water partition coefficient (Wildman–Crippen LogP) is 3.71. The third kappa shape index (κ3) is 5.74. The minimum absolute atomic E-state index is 0.0639. The molecule has 1 amide bonds. The van der Waals surface area contributed by atoms with Crippen LogP contribution < -0.4 is 11.1 Å². The number of carbonyl (C=O) groups is 1. The topological polar surface area (TPSA) is 55.1 Å². The number of halogens is 1. The third-order valence-electron chi connectivity index (χ3n) is 2.73. The molecule has 0 aromatic heterocycles. The number of rotatable bonds is 7. The minimum atomic E-state index is -0.138. The fourth-order valence-corrected chi connectivity index (χ4v) is 2.75. The molecular formula is C14H21ClN2OS. The monoisotopic (exact) mass is 300 g/mol. The van der Waals surface area contributed by atoms with Crippen LogP contribution in [-0.2, 0) is 4.79 Å². The quantitative estimate of drug-likeness (QED) is 0.458. The number of nitrogens with two attached hydrogens (primary N) is 1. The molecule has 1 unspecified atom stereocenters. The first-order valence-corrected chi connectivity index (χ1v) is 7.79. The average Bonchev–Trinajstić information content (AvgIpc) is 2.38. The van der Waals surface area contributed by atoms with E-state index in [4.69, 9.17) is 17.3 Å². The van der Waals surface area contributed by atoms with E-state index < -0.39 is 0 Å². The standard InChI is InChI=1S/C14H21ClN2OS/c1-3-4-5-8-17-14(18)10(2)19-11-6-7-13(16)12(15)9-11/h6-7,9-10H,3-5,8,16H2,1-2H3,(H,17,18). The van der Waals surface area contributed by atoms with Crippen molar-refractivity contribution in [2.75, 3.05) is 12.3 Å². The summed E-state index contributed by atoms with van der Waals surface area (Å²) in [7, 11) is 0. The number of carbonyl (C=O) groups excluding carboxylic acids is 1. The molecule has 1 rings (SSSR count). The van der Waals surface area contributed by atoms with Crippen LogP contribution in [0.3, 0.4) is 0 Å². The second-order valence-electron chi connectivity index (χ2n) is 4.44. The van der Waals surface area contributed by atoms with Gasteiger partial charge in [-0.2, -0.15) is 0 Å². The number of benzene rings is 1. The fourth-order valence-electron chi connectivity index (χ4n) is 1.57. The van der Waals surface area contributed by atoms with Crippen molar-refractivity contribution in [3.63, 3.8) is 0 Å². The Morgan fingerprint density at radius 2 is 2.21 bits per heavy atom. The van der Waals surface area contributed by atoms with Crippen LogP contribution in [0.4, 0.5) is 5.69 Å². The lowest BCUT2D eigenvalue weighted by atomic mass is 10.2. The molecule has 0 saturated carbocycles. The molecule has 5 heteroatoms. The van der Waals surface area contributed by atoms with Gasteiger partial charge in [-0.15, -0.1) is 11.8 Å². The minimum Gasteiger partial charge on any atom is -0.398 e. The van der Waals surface area contributed by atoms with E-state index in [1.807, 2.05) is 13.0 Å². The molecule has 3 nitrogen and oxygen atoms in total. The molecule has 1 aromatic carbocycles. The SMILES string of the molecule is CCCCCNC(=O)C(C)Sc1ccc(N)c(Cl)c1. The van der Waals surface area contributed by atoms with E-state index >= 15 is 0 Å². The van der Waals surface area contributed by atoms with Crippen molar-refractivity contribution in [3.05, 3.63) is 23.2 Å². The van der Waals surface area contributed by atoms with E-state index in [1.54, 1.807) is 12.1 Å². The second-order valence-corrected chi connectivity index (χ2v) is 6.26. The van der Waals surface area contributed by atoms with Gasteiger partial charge in [0.15, 0.2) is 0 Å². The van der Waals surface area contributed by atoms with Crippen molar-refractivity contribution in [1.29, 1.82) is 0 Å². The van der Waals surface area contributed by atoms with Crippen molar-refractivity contribution < 1.29 is 4.79 Å². The molecular weight excluding hydrogens is 280 g/mol. The second kappa shape index (κ2) is 8.33. The summed E-state index contributed by atoms with van der Waals surface area (Å²) in [5, 5.41) is 3.34. The number of unbranched alkanes of at least 4 members (excludes halogenated alkanes) is 2. The summed E-state index contributed by atoms with van der Waals surface area (Å²) >= 11 is 7.44. The van der Waals surface area contributed by atoms with Crippen LogP contribution in [0.2, 0.25) is 5.02 Å². The van der Waals surface area contributed by atoms with Gasteiger partial charge in [-0.25, -0.2) is 0 Å². The maximum atomic E-state index is 11.9. The molecule has 1 atom stereocenters. The highest BCUT2D eigenvalue weighted by Crippen LogP contribution is 2.29. The van der Waals surface area contributed by atoms with Crippen LogP contribution in [0.25, 0.3) is 0 Å². The summed E-state index contributed by atoms with van der Waals surface area (Å²) < 4.78 is 0. The smallest absolute Gasteiger partial charge is 0.233 e. The summed E-state index contributed by atoms with van der Waals surface area (Å²) in [6.07, 6.45) is 3.34. The molecule has 0 spiro atoms. The summed E-state index contributed by atoms with van der Waals surface area (Å²) in [4.78, 5) is 12.8. The number of hydrogen-bond donors (Lipinski definition) is 2. The Morgan fingerprint density at radius 3 is 2.84 bits per heavy atom. The Morgan fingerprint density at radius 1 is 1.47 bits per heavy atom. The van der Waals surface area contributed by atoms with Gasteiger partial charge in [-0.05, 0) is 31.5 Å². The first-order valence-electron chi connectivity index (χ1n) is 6.54. The van der Waals surface area contributed by atoms with Crippen LogP contribution in [0.1, 0.15) is 33.1 Å². The van der Waals surface area contributed by atoms with Crippen LogP contribution in [0.5, 0.6) is 0 Å². The van der Waals surface area contributed by atoms with Crippen molar-refractivity contribution >= 4 is 35.0 Å². The number of nitrogens with one attached hydrogen (secondary N) is 1. The van der Waals surface area contributed by atoms with E-state index in [0.717, 1.165) is 30.7 Å². The Bertz CT molecular complexity index is 426. The Hall–Kier alpha value is -0.870. The third-order valence-corrected chi connectivity index (χ3v) is 4.15. The van der Waals surface area contributed by atoms with Crippen LogP contribution in [0, 0.1) is 0 Å². The summed E-state index contributed by atoms with van der Waals surface area (Å²) in [6.45, 7) is 4.79. The average molecular weight is 301 g/mol. The molecule has 0 aliphatic rings. The number of nitrogen functional groups attached to an aromatic ring is 1. The zero-order valence-electron chi connectivity index (χ0n) is 11.4. The van der Waals surface area contributed by atoms with Gasteiger partial charge < -0.3 is 11.1 Å². The molecule has 0 saturated heterocycles. The van der Waals surface area contributed by atoms with Gasteiger partial charge in [0, 0.05) is 11.4 Å². The number of amides is 1. The highest BCUT2D eigenvalue weighted by Gasteiger charge is 2.14. The summed E-state index contributed by atoms with van der Waals surface area (Å²) in [5.41, 5.74) is 6.21. The van der Waals surface area contributed by atoms with E-state index in [2.05, 4.69) is 12.2 Å². The first-order chi connectivity index (χ1) is 9.04. The zero-order chi connectivity index (χ0) is 14.3. The Kier molecular flexibility index (Phi) is 7.10. The molecule has 19 heavy (non-hydrogen) atoms. The normalized spacial score (nSPS) is 12.2. The zero-order valence-corrected chi connectivity index (χ0v) is 13.0. The van der Waals surface area contributed by atoms with Gasteiger partial charge in [-0.3, -0.25) is 4.79 Å². The van der Waals surface area contributed by atoms with Crippen LogP contribution >= 0.6 is 23.4 Å². The molecule has 0 aliphatic carbocycles. The van der Waals surface area contributed by atoms with Gasteiger partial charge in [-0.1, -0.05) is 31.4 Å². The molecule has 0 heterocycles. The maximum absolute atomic E-state index is 11.9. The Balaban J connectivity index is 2.42. The molecule has 0 fully saturated rings. The molecule has 1 aromatic rings. The fraction of sp³-hybridized carbons (Fsp3) is 0.500. The van der Waals surface area contributed by atoms with Crippen LogP contribution in [-0.4, -0.2) is 17.7 Å². The molecule has 3 N–H and O–H groups in total. The van der Waals surface area contributed by atoms with Gasteiger partial charge in [0.1, 0.15) is 0 Å². The lowest BCUT2D eigenvalue weighted by Crippen LogP contribution is -2.31. The van der Waals surface area contributed by atoms with Crippen molar-refractivity contribution in [2.45, 2.75) is 43.3 Å². The van der Waals surface area contributed by atoms with Crippen molar-refractivity contribution in [2.24, 2.45) is 0 Å². The Labute approximate surface area is 124 Å². The highest BCUT2D eigenvalue weighted by atomic mass is 35.5. The van der Waals surface area contributed by atoms with Crippen molar-refractivity contribution in [3.8, 4) is 0 Å². The summed E-state index contributed by atoms with van der Waals surface area (Å²) in [5.74, 6) is 0.0639. The number of anilines is 1. The van der Waals surface area contributed by atoms with Gasteiger partial charge in [0.2, 0.25) is 5.91 Å². The highest BCUT2D eigenvalue weighted by molar-refractivity contribution is 8.00. The first kappa shape index (κ1) is 16.2. The number of thioether (sulfide) groups is 1. The van der Waals surface area contributed by atoms with Crippen molar-refractivity contribution in [1.82, 2.24) is 5.32 Å². The van der Waals surface area contributed by atoms with E-state index in [1.165, 1.54) is 11.8 Å². The van der Waals surface area contributed by atoms with Gasteiger partial charge >= 0.3 is 0 Å². The van der Waals surface area contributed by atoms with E-state index in [-0.39, 0.29) is 11.2 Å². The van der Waals surface area contributed by atoms with Gasteiger partial charge in [0.05, 0.1) is 16.0 Å².